The van der Waals surface area contributed by atoms with E-state index in [-0.39, 0.29) is 18.2 Å². The van der Waals surface area contributed by atoms with Gasteiger partial charge in [0.1, 0.15) is 5.75 Å². The number of nitro benzene ring substituents is 1. The van der Waals surface area contributed by atoms with Gasteiger partial charge in [-0.2, -0.15) is 0 Å². The molecule has 2 aromatic carbocycles. The van der Waals surface area contributed by atoms with Gasteiger partial charge in [0.05, 0.1) is 4.92 Å². The third-order valence-electron chi connectivity index (χ3n) is 4.70. The van der Waals surface area contributed by atoms with Crippen LogP contribution in [-0.2, 0) is 4.79 Å². The van der Waals surface area contributed by atoms with E-state index in [2.05, 4.69) is 17.1 Å². The van der Waals surface area contributed by atoms with Crippen molar-refractivity contribution in [3.05, 3.63) is 58.6 Å². The van der Waals surface area contributed by atoms with Gasteiger partial charge in [-0.3, -0.25) is 14.9 Å². The quantitative estimate of drug-likeness (QED) is 0.615. The van der Waals surface area contributed by atoms with E-state index in [9.17, 15) is 14.9 Å². The number of nitrogens with one attached hydrogen (secondary N) is 1. The lowest BCUT2D eigenvalue weighted by atomic mass is 10.0. The SMILES string of the molecule is C[C@@H]1CCCCN1c1ccc(NC(=O)COc2ccc([N+](=O)[O-])cc2)cc1. The summed E-state index contributed by atoms with van der Waals surface area (Å²) in [7, 11) is 0. The summed E-state index contributed by atoms with van der Waals surface area (Å²) in [5, 5.41) is 13.4. The number of non-ortho nitro benzene ring substituents is 1. The highest BCUT2D eigenvalue weighted by atomic mass is 16.6. The summed E-state index contributed by atoms with van der Waals surface area (Å²) >= 11 is 0. The molecular formula is C20H23N3O4. The molecule has 1 atom stereocenters. The van der Waals surface area contributed by atoms with E-state index >= 15 is 0 Å². The molecule has 1 aliphatic rings. The number of carbonyl (C=O) groups excluding carboxylic acids is 1. The van der Waals surface area contributed by atoms with Crippen molar-refractivity contribution in [1.82, 2.24) is 0 Å². The molecule has 7 heteroatoms. The van der Waals surface area contributed by atoms with Crippen LogP contribution in [-0.4, -0.2) is 30.0 Å². The average Bonchev–Trinajstić information content (AvgIpc) is 2.68. The highest BCUT2D eigenvalue weighted by Gasteiger charge is 2.18. The minimum absolute atomic E-state index is 0.0186. The van der Waals surface area contributed by atoms with Crippen LogP contribution in [0.15, 0.2) is 48.5 Å². The van der Waals surface area contributed by atoms with Gasteiger partial charge in [-0.25, -0.2) is 0 Å². The van der Waals surface area contributed by atoms with Crippen LogP contribution in [0.5, 0.6) is 5.75 Å². The number of nitro groups is 1. The third-order valence-corrected chi connectivity index (χ3v) is 4.70. The Bertz CT molecular complexity index is 790. The maximum absolute atomic E-state index is 12.0. The van der Waals surface area contributed by atoms with E-state index in [1.54, 1.807) is 0 Å². The van der Waals surface area contributed by atoms with Crippen molar-refractivity contribution in [3.8, 4) is 5.75 Å². The van der Waals surface area contributed by atoms with Crippen molar-refractivity contribution in [3.63, 3.8) is 0 Å². The molecule has 27 heavy (non-hydrogen) atoms. The Morgan fingerprint density at radius 3 is 2.52 bits per heavy atom. The predicted molar refractivity (Wildman–Crippen MR) is 104 cm³/mol. The van der Waals surface area contributed by atoms with Crippen molar-refractivity contribution in [1.29, 1.82) is 0 Å². The summed E-state index contributed by atoms with van der Waals surface area (Å²) < 4.78 is 5.36. The Morgan fingerprint density at radius 1 is 1.19 bits per heavy atom. The third kappa shape index (κ3) is 4.97. The molecule has 1 aliphatic heterocycles. The highest BCUT2D eigenvalue weighted by molar-refractivity contribution is 5.92. The van der Waals surface area contributed by atoms with Crippen molar-refractivity contribution in [2.24, 2.45) is 0 Å². The molecule has 1 heterocycles. The first kappa shape index (κ1) is 18.7. The van der Waals surface area contributed by atoms with E-state index in [0.29, 0.717) is 17.5 Å². The topological polar surface area (TPSA) is 84.7 Å². The van der Waals surface area contributed by atoms with E-state index in [1.165, 1.54) is 49.2 Å². The molecule has 1 amide bonds. The molecule has 1 saturated heterocycles. The van der Waals surface area contributed by atoms with Crippen molar-refractivity contribution in [2.45, 2.75) is 32.2 Å². The molecule has 0 unspecified atom stereocenters. The predicted octanol–water partition coefficient (Wildman–Crippen LogP) is 3.99. The van der Waals surface area contributed by atoms with Crippen LogP contribution in [0.1, 0.15) is 26.2 Å². The molecule has 0 radical (unpaired) electrons. The number of hydrogen-bond donors (Lipinski definition) is 1. The van der Waals surface area contributed by atoms with Gasteiger partial charge in [0.15, 0.2) is 6.61 Å². The fourth-order valence-corrected chi connectivity index (χ4v) is 3.23. The standard InChI is InChI=1S/C20H23N3O4/c1-15-4-2-3-13-22(15)17-7-5-16(6-8-17)21-20(24)14-27-19-11-9-18(10-12-19)23(25)26/h5-12,15H,2-4,13-14H2,1H3,(H,21,24)/t15-/m1/s1. The summed E-state index contributed by atoms with van der Waals surface area (Å²) in [6.45, 7) is 3.14. The second kappa shape index (κ2) is 8.53. The maximum Gasteiger partial charge on any atom is 0.269 e. The molecule has 1 fully saturated rings. The zero-order valence-corrected chi connectivity index (χ0v) is 15.3. The zero-order valence-electron chi connectivity index (χ0n) is 15.3. The minimum Gasteiger partial charge on any atom is -0.484 e. The van der Waals surface area contributed by atoms with Crippen LogP contribution in [0.4, 0.5) is 17.1 Å². The van der Waals surface area contributed by atoms with Crippen molar-refractivity contribution < 1.29 is 14.5 Å². The largest absolute Gasteiger partial charge is 0.484 e. The Kier molecular flexibility index (Phi) is 5.90. The lowest BCUT2D eigenvalue weighted by Gasteiger charge is -2.35. The molecule has 2 aromatic rings. The Morgan fingerprint density at radius 2 is 1.89 bits per heavy atom. The van der Waals surface area contributed by atoms with Crippen LogP contribution in [0.2, 0.25) is 0 Å². The van der Waals surface area contributed by atoms with E-state index in [0.717, 1.165) is 6.54 Å². The minimum atomic E-state index is -0.481. The molecule has 0 aromatic heterocycles. The van der Waals surface area contributed by atoms with E-state index in [1.807, 2.05) is 24.3 Å². The fourth-order valence-electron chi connectivity index (χ4n) is 3.23. The number of ether oxygens (including phenoxy) is 1. The normalized spacial score (nSPS) is 16.6. The van der Waals surface area contributed by atoms with Crippen LogP contribution >= 0.6 is 0 Å². The van der Waals surface area contributed by atoms with Crippen LogP contribution in [0, 0.1) is 10.1 Å². The number of piperidine rings is 1. The number of rotatable bonds is 6. The van der Waals surface area contributed by atoms with Gasteiger partial charge in [-0.05, 0) is 62.6 Å². The molecule has 0 saturated carbocycles. The van der Waals surface area contributed by atoms with Crippen molar-refractivity contribution in [2.75, 3.05) is 23.4 Å². The molecule has 7 nitrogen and oxygen atoms in total. The molecule has 142 valence electrons. The van der Waals surface area contributed by atoms with Gasteiger partial charge in [0.25, 0.3) is 11.6 Å². The number of carbonyl (C=O) groups is 1. The summed E-state index contributed by atoms with van der Waals surface area (Å²) in [5.74, 6) is 0.123. The highest BCUT2D eigenvalue weighted by Crippen LogP contribution is 2.25. The molecule has 0 spiro atoms. The maximum atomic E-state index is 12.0. The summed E-state index contributed by atoms with van der Waals surface area (Å²) in [6.07, 6.45) is 3.70. The first-order valence-electron chi connectivity index (χ1n) is 9.07. The van der Waals surface area contributed by atoms with Crippen LogP contribution in [0.3, 0.4) is 0 Å². The van der Waals surface area contributed by atoms with Crippen molar-refractivity contribution >= 4 is 23.0 Å². The van der Waals surface area contributed by atoms with Gasteiger partial charge >= 0.3 is 0 Å². The number of benzene rings is 2. The van der Waals surface area contributed by atoms with Gasteiger partial charge in [0, 0.05) is 36.1 Å². The monoisotopic (exact) mass is 369 g/mol. The number of amides is 1. The molecule has 1 N–H and O–H groups in total. The molecule has 0 bridgehead atoms. The Hall–Kier alpha value is -3.09. The van der Waals surface area contributed by atoms with Gasteiger partial charge in [-0.15, -0.1) is 0 Å². The van der Waals surface area contributed by atoms with Gasteiger partial charge in [0.2, 0.25) is 0 Å². The molecule has 3 rings (SSSR count). The lowest BCUT2D eigenvalue weighted by molar-refractivity contribution is -0.384. The zero-order chi connectivity index (χ0) is 19.2. The second-order valence-electron chi connectivity index (χ2n) is 6.67. The lowest BCUT2D eigenvalue weighted by Crippen LogP contribution is -2.37. The molecular weight excluding hydrogens is 346 g/mol. The fraction of sp³-hybridized carbons (Fsp3) is 0.350. The molecule has 0 aliphatic carbocycles. The Labute approximate surface area is 158 Å². The second-order valence-corrected chi connectivity index (χ2v) is 6.67. The number of nitrogens with zero attached hydrogens (tertiary/aromatic N) is 2. The number of anilines is 2. The smallest absolute Gasteiger partial charge is 0.269 e. The van der Waals surface area contributed by atoms with Crippen LogP contribution in [0.25, 0.3) is 0 Å². The van der Waals surface area contributed by atoms with Crippen LogP contribution < -0.4 is 15.0 Å². The first-order valence-corrected chi connectivity index (χ1v) is 9.07. The first-order chi connectivity index (χ1) is 13.0. The summed E-state index contributed by atoms with van der Waals surface area (Å²) in [6, 6.07) is 14.0. The Balaban J connectivity index is 1.51. The summed E-state index contributed by atoms with van der Waals surface area (Å²) in [4.78, 5) is 24.6. The van der Waals surface area contributed by atoms with Gasteiger partial charge in [-0.1, -0.05) is 0 Å². The van der Waals surface area contributed by atoms with E-state index < -0.39 is 4.92 Å². The van der Waals surface area contributed by atoms with Gasteiger partial charge < -0.3 is 15.0 Å². The summed E-state index contributed by atoms with van der Waals surface area (Å²) in [5.41, 5.74) is 1.86. The average molecular weight is 369 g/mol. The van der Waals surface area contributed by atoms with E-state index in [4.69, 9.17) is 4.74 Å². The number of hydrogen-bond acceptors (Lipinski definition) is 5.